The molecule has 1 rings (SSSR count). The first kappa shape index (κ1) is 27.6. The lowest BCUT2D eigenvalue weighted by Gasteiger charge is -2.24. The second kappa shape index (κ2) is 13.2. The van der Waals surface area contributed by atoms with Crippen molar-refractivity contribution in [3.05, 3.63) is 35.9 Å². The SMILES string of the molecule is CC(C)CC(NC(=O)C(C)NC(=O)C(Cc1ccccc1)NC(=O)C(N)CC(=O)O)C(=O)O. The Labute approximate surface area is 192 Å². The second-order valence-corrected chi connectivity index (χ2v) is 8.21. The average Bonchev–Trinajstić information content (AvgIpc) is 2.72. The molecule has 0 aliphatic rings. The van der Waals surface area contributed by atoms with Crippen LogP contribution in [0.25, 0.3) is 0 Å². The highest BCUT2D eigenvalue weighted by Crippen LogP contribution is 2.07. The van der Waals surface area contributed by atoms with Crippen LogP contribution in [0.5, 0.6) is 0 Å². The van der Waals surface area contributed by atoms with Gasteiger partial charge in [0.2, 0.25) is 17.7 Å². The minimum atomic E-state index is -1.36. The molecule has 0 radical (unpaired) electrons. The highest BCUT2D eigenvalue weighted by Gasteiger charge is 2.29. The maximum atomic E-state index is 12.9. The predicted molar refractivity (Wildman–Crippen MR) is 119 cm³/mol. The van der Waals surface area contributed by atoms with Crippen molar-refractivity contribution in [3.8, 4) is 0 Å². The van der Waals surface area contributed by atoms with Gasteiger partial charge in [0.05, 0.1) is 12.5 Å². The Morgan fingerprint density at radius 3 is 1.94 bits per heavy atom. The molecule has 11 heteroatoms. The van der Waals surface area contributed by atoms with Crippen molar-refractivity contribution in [1.82, 2.24) is 16.0 Å². The fourth-order valence-electron chi connectivity index (χ4n) is 2.99. The van der Waals surface area contributed by atoms with Gasteiger partial charge in [0.1, 0.15) is 18.1 Å². The van der Waals surface area contributed by atoms with Gasteiger partial charge < -0.3 is 31.9 Å². The fraction of sp³-hybridized carbons (Fsp3) is 0.500. The smallest absolute Gasteiger partial charge is 0.326 e. The number of hydrogen-bond donors (Lipinski definition) is 6. The van der Waals surface area contributed by atoms with Crippen molar-refractivity contribution in [2.24, 2.45) is 11.7 Å². The van der Waals surface area contributed by atoms with Crippen LogP contribution in [0.3, 0.4) is 0 Å². The van der Waals surface area contributed by atoms with E-state index >= 15 is 0 Å². The van der Waals surface area contributed by atoms with Gasteiger partial charge in [-0.3, -0.25) is 19.2 Å². The lowest BCUT2D eigenvalue weighted by Crippen LogP contribution is -2.57. The zero-order valence-corrected chi connectivity index (χ0v) is 18.9. The number of carbonyl (C=O) groups is 5. The molecule has 0 saturated carbocycles. The number of nitrogens with one attached hydrogen (secondary N) is 3. The number of hydrogen-bond acceptors (Lipinski definition) is 6. The number of rotatable bonds is 13. The normalized spacial score (nSPS) is 14.5. The van der Waals surface area contributed by atoms with E-state index in [1.165, 1.54) is 6.92 Å². The van der Waals surface area contributed by atoms with Gasteiger partial charge in [-0.05, 0) is 24.8 Å². The van der Waals surface area contributed by atoms with E-state index in [0.717, 1.165) is 0 Å². The third-order valence-corrected chi connectivity index (χ3v) is 4.72. The van der Waals surface area contributed by atoms with Crippen LogP contribution in [-0.4, -0.2) is 64.0 Å². The summed E-state index contributed by atoms with van der Waals surface area (Å²) in [7, 11) is 0. The van der Waals surface area contributed by atoms with Crippen LogP contribution >= 0.6 is 0 Å². The predicted octanol–water partition coefficient (Wildman–Crippen LogP) is -0.364. The van der Waals surface area contributed by atoms with Crippen LogP contribution in [0.2, 0.25) is 0 Å². The molecule has 7 N–H and O–H groups in total. The monoisotopic (exact) mass is 464 g/mol. The van der Waals surface area contributed by atoms with Gasteiger partial charge in [0, 0.05) is 6.42 Å². The first-order valence-corrected chi connectivity index (χ1v) is 10.6. The number of amides is 3. The molecule has 182 valence electrons. The summed E-state index contributed by atoms with van der Waals surface area (Å²) in [6.45, 7) is 5.03. The molecule has 0 spiro atoms. The highest BCUT2D eigenvalue weighted by atomic mass is 16.4. The van der Waals surface area contributed by atoms with E-state index in [4.69, 9.17) is 10.8 Å². The number of carboxylic acid groups (broad SMARTS) is 2. The summed E-state index contributed by atoms with van der Waals surface area (Å²) >= 11 is 0. The van der Waals surface area contributed by atoms with Gasteiger partial charge >= 0.3 is 11.9 Å². The summed E-state index contributed by atoms with van der Waals surface area (Å²) in [6, 6.07) is 4.06. The highest BCUT2D eigenvalue weighted by molar-refractivity contribution is 5.94. The fourth-order valence-corrected chi connectivity index (χ4v) is 2.99. The van der Waals surface area contributed by atoms with Crippen molar-refractivity contribution in [2.75, 3.05) is 0 Å². The van der Waals surface area contributed by atoms with Crippen LogP contribution < -0.4 is 21.7 Å². The zero-order chi connectivity index (χ0) is 25.1. The average molecular weight is 465 g/mol. The van der Waals surface area contributed by atoms with Gasteiger partial charge in [-0.25, -0.2) is 4.79 Å². The summed E-state index contributed by atoms with van der Waals surface area (Å²) < 4.78 is 0. The molecule has 4 atom stereocenters. The first-order valence-electron chi connectivity index (χ1n) is 10.6. The first-order chi connectivity index (χ1) is 15.4. The van der Waals surface area contributed by atoms with Crippen molar-refractivity contribution >= 4 is 29.7 Å². The third kappa shape index (κ3) is 10.1. The molecular formula is C22H32N4O7. The molecule has 0 fully saturated rings. The Hall–Kier alpha value is -3.47. The van der Waals surface area contributed by atoms with Crippen molar-refractivity contribution in [2.45, 2.75) is 64.2 Å². The number of carbonyl (C=O) groups excluding carboxylic acids is 3. The van der Waals surface area contributed by atoms with Crippen molar-refractivity contribution in [3.63, 3.8) is 0 Å². The molecule has 1 aromatic rings. The second-order valence-electron chi connectivity index (χ2n) is 8.21. The van der Waals surface area contributed by atoms with Crippen LogP contribution in [0.15, 0.2) is 30.3 Å². The lowest BCUT2D eigenvalue weighted by atomic mass is 10.0. The van der Waals surface area contributed by atoms with Gasteiger partial charge in [0.15, 0.2) is 0 Å². The van der Waals surface area contributed by atoms with Crippen molar-refractivity contribution in [1.29, 1.82) is 0 Å². The van der Waals surface area contributed by atoms with E-state index in [-0.39, 0.29) is 18.8 Å². The Morgan fingerprint density at radius 2 is 1.42 bits per heavy atom. The number of nitrogens with two attached hydrogens (primary N) is 1. The standard InChI is InChI=1S/C22H32N4O7/c1-12(2)9-17(22(32)33)26-19(29)13(3)24-21(31)16(10-14-7-5-4-6-8-14)25-20(30)15(23)11-18(27)28/h4-8,12-13,15-17H,9-11,23H2,1-3H3,(H,24,31)(H,25,30)(H,26,29)(H,27,28)(H,32,33). The van der Waals surface area contributed by atoms with Gasteiger partial charge in [-0.15, -0.1) is 0 Å². The topological polar surface area (TPSA) is 188 Å². The number of carboxylic acids is 2. The summed E-state index contributed by atoms with van der Waals surface area (Å²) in [4.78, 5) is 59.8. The van der Waals surface area contributed by atoms with E-state index in [2.05, 4.69) is 16.0 Å². The molecule has 4 unspecified atom stereocenters. The van der Waals surface area contributed by atoms with E-state index < -0.39 is 60.2 Å². The molecule has 1 aromatic carbocycles. The van der Waals surface area contributed by atoms with E-state index in [1.807, 2.05) is 13.8 Å². The molecule has 11 nitrogen and oxygen atoms in total. The minimum Gasteiger partial charge on any atom is -0.481 e. The molecule has 0 saturated heterocycles. The Kier molecular flexibility index (Phi) is 11.0. The van der Waals surface area contributed by atoms with Crippen LogP contribution in [0.1, 0.15) is 39.2 Å². The van der Waals surface area contributed by atoms with Gasteiger partial charge in [0.25, 0.3) is 0 Å². The maximum absolute atomic E-state index is 12.9. The van der Waals surface area contributed by atoms with Gasteiger partial charge in [-0.2, -0.15) is 0 Å². The summed E-state index contributed by atoms with van der Waals surface area (Å²) in [5, 5.41) is 25.4. The summed E-state index contributed by atoms with van der Waals surface area (Å²) in [5.41, 5.74) is 6.30. The Bertz CT molecular complexity index is 844. The zero-order valence-electron chi connectivity index (χ0n) is 18.9. The molecule has 0 aromatic heterocycles. The van der Waals surface area contributed by atoms with E-state index in [0.29, 0.717) is 5.56 Å². The van der Waals surface area contributed by atoms with Crippen LogP contribution in [0.4, 0.5) is 0 Å². The lowest BCUT2D eigenvalue weighted by molar-refractivity contribution is -0.142. The largest absolute Gasteiger partial charge is 0.481 e. The van der Waals surface area contributed by atoms with E-state index in [1.54, 1.807) is 30.3 Å². The number of benzene rings is 1. The quantitative estimate of drug-likeness (QED) is 0.228. The van der Waals surface area contributed by atoms with Crippen molar-refractivity contribution < 1.29 is 34.2 Å². The third-order valence-electron chi connectivity index (χ3n) is 4.72. The Balaban J connectivity index is 2.90. The Morgan fingerprint density at radius 1 is 0.848 bits per heavy atom. The molecule has 0 bridgehead atoms. The molecule has 3 amide bonds. The molecule has 0 aliphatic heterocycles. The molecule has 33 heavy (non-hydrogen) atoms. The van der Waals surface area contributed by atoms with Gasteiger partial charge in [-0.1, -0.05) is 44.2 Å². The van der Waals surface area contributed by atoms with Crippen LogP contribution in [0, 0.1) is 5.92 Å². The summed E-state index contributed by atoms with van der Waals surface area (Å²) in [5.74, 6) is -4.64. The molecule has 0 heterocycles. The van der Waals surface area contributed by atoms with Crippen LogP contribution in [-0.2, 0) is 30.4 Å². The number of aliphatic carboxylic acids is 2. The molecule has 0 aliphatic carbocycles. The minimum absolute atomic E-state index is 0.0248. The summed E-state index contributed by atoms with van der Waals surface area (Å²) in [6.07, 6.45) is -0.329. The maximum Gasteiger partial charge on any atom is 0.326 e. The molecular weight excluding hydrogens is 432 g/mol. The van der Waals surface area contributed by atoms with E-state index in [9.17, 15) is 29.1 Å².